The van der Waals surface area contributed by atoms with Gasteiger partial charge in [-0.1, -0.05) is 24.4 Å². The van der Waals surface area contributed by atoms with Gasteiger partial charge in [0.15, 0.2) is 0 Å². The van der Waals surface area contributed by atoms with Crippen LogP contribution < -0.4 is 11.1 Å². The first-order chi connectivity index (χ1) is 8.09. The predicted octanol–water partition coefficient (Wildman–Crippen LogP) is 0.963. The third kappa shape index (κ3) is 2.39. The quantitative estimate of drug-likeness (QED) is 0.784. The van der Waals surface area contributed by atoms with Crippen molar-refractivity contribution in [2.45, 2.75) is 12.5 Å². The Hall–Kier alpha value is -1.62. The summed E-state index contributed by atoms with van der Waals surface area (Å²) in [7, 11) is 1.81. The molecule has 4 nitrogen and oxygen atoms in total. The minimum Gasteiger partial charge on any atom is -0.389 e. The second-order valence-corrected chi connectivity index (χ2v) is 4.60. The van der Waals surface area contributed by atoms with Gasteiger partial charge in [-0.15, -0.1) is 0 Å². The van der Waals surface area contributed by atoms with Gasteiger partial charge < -0.3 is 16.0 Å². The smallest absolute Gasteiger partial charge is 0.244 e. The van der Waals surface area contributed by atoms with Crippen LogP contribution >= 0.6 is 12.2 Å². The first kappa shape index (κ1) is 11.9. The third-order valence-corrected chi connectivity index (χ3v) is 3.17. The molecule has 5 heteroatoms. The van der Waals surface area contributed by atoms with Crippen molar-refractivity contribution >= 4 is 28.8 Å². The van der Waals surface area contributed by atoms with Gasteiger partial charge in [-0.3, -0.25) is 4.79 Å². The van der Waals surface area contributed by atoms with Crippen molar-refractivity contribution in [3.8, 4) is 0 Å². The van der Waals surface area contributed by atoms with Gasteiger partial charge >= 0.3 is 0 Å². The molecular formula is C12H15N3OS. The van der Waals surface area contributed by atoms with Crippen LogP contribution in [0.25, 0.3) is 0 Å². The van der Waals surface area contributed by atoms with Gasteiger partial charge in [0.25, 0.3) is 0 Å². The topological polar surface area (TPSA) is 58.4 Å². The highest BCUT2D eigenvalue weighted by molar-refractivity contribution is 7.80. The number of para-hydroxylation sites is 1. The molecule has 0 aromatic heterocycles. The molecule has 1 aliphatic heterocycles. The summed E-state index contributed by atoms with van der Waals surface area (Å²) in [5.41, 5.74) is 7.26. The molecule has 0 aliphatic carbocycles. The predicted molar refractivity (Wildman–Crippen MR) is 72.0 cm³/mol. The lowest BCUT2D eigenvalue weighted by Crippen LogP contribution is -2.31. The standard InChI is InChI=1S/C12H15N3OS/c1-15-7-6-10(12(15)16)14-9-5-3-2-4-8(9)11(13)17/h2-5,10,14H,6-7H2,1H3,(H2,13,17). The summed E-state index contributed by atoms with van der Waals surface area (Å²) in [5.74, 6) is 0.114. The van der Waals surface area contributed by atoms with E-state index in [1.54, 1.807) is 4.90 Å². The first-order valence-corrected chi connectivity index (χ1v) is 5.91. The van der Waals surface area contributed by atoms with Gasteiger partial charge in [-0.05, 0) is 18.6 Å². The van der Waals surface area contributed by atoms with Gasteiger partial charge in [0, 0.05) is 24.8 Å². The Bertz CT molecular complexity index is 461. The number of anilines is 1. The minimum absolute atomic E-state index is 0.114. The maximum atomic E-state index is 11.8. The van der Waals surface area contributed by atoms with E-state index in [4.69, 9.17) is 18.0 Å². The van der Waals surface area contributed by atoms with E-state index in [-0.39, 0.29) is 11.9 Å². The van der Waals surface area contributed by atoms with Crippen LogP contribution in [-0.4, -0.2) is 35.4 Å². The normalized spacial score (nSPS) is 19.5. The van der Waals surface area contributed by atoms with Crippen molar-refractivity contribution in [2.75, 3.05) is 18.9 Å². The van der Waals surface area contributed by atoms with Crippen LogP contribution in [0.15, 0.2) is 24.3 Å². The number of carbonyl (C=O) groups is 1. The van der Waals surface area contributed by atoms with Gasteiger partial charge in [-0.2, -0.15) is 0 Å². The van der Waals surface area contributed by atoms with Crippen molar-refractivity contribution < 1.29 is 4.79 Å². The molecule has 1 heterocycles. The fraction of sp³-hybridized carbons (Fsp3) is 0.333. The summed E-state index contributed by atoms with van der Waals surface area (Å²) in [6.45, 7) is 0.783. The minimum atomic E-state index is -0.171. The van der Waals surface area contributed by atoms with Gasteiger partial charge in [0.2, 0.25) is 5.91 Å². The summed E-state index contributed by atoms with van der Waals surface area (Å²) >= 11 is 4.99. The molecule has 2 rings (SSSR count). The SMILES string of the molecule is CN1CCC(Nc2ccccc2C(N)=S)C1=O. The summed E-state index contributed by atoms with van der Waals surface area (Å²) in [6, 6.07) is 7.35. The molecule has 1 fully saturated rings. The van der Waals surface area contributed by atoms with Crippen LogP contribution in [-0.2, 0) is 4.79 Å². The Labute approximate surface area is 106 Å². The lowest BCUT2D eigenvalue weighted by Gasteiger charge is -2.16. The molecule has 0 radical (unpaired) electrons. The van der Waals surface area contributed by atoms with Crippen LogP contribution in [0.2, 0.25) is 0 Å². The summed E-state index contributed by atoms with van der Waals surface area (Å²) in [5, 5.41) is 3.21. The number of nitrogens with zero attached hydrogens (tertiary/aromatic N) is 1. The molecule has 1 saturated heterocycles. The Balaban J connectivity index is 2.19. The van der Waals surface area contributed by atoms with E-state index in [0.717, 1.165) is 24.2 Å². The highest BCUT2D eigenvalue weighted by atomic mass is 32.1. The first-order valence-electron chi connectivity index (χ1n) is 5.50. The zero-order valence-corrected chi connectivity index (χ0v) is 10.5. The number of benzene rings is 1. The number of hydrogen-bond acceptors (Lipinski definition) is 3. The average Bonchev–Trinajstić information content (AvgIpc) is 2.61. The van der Waals surface area contributed by atoms with Crippen LogP contribution in [0.3, 0.4) is 0 Å². The van der Waals surface area contributed by atoms with Crippen LogP contribution in [0.1, 0.15) is 12.0 Å². The Morgan fingerprint density at radius 1 is 1.53 bits per heavy atom. The molecular weight excluding hydrogens is 234 g/mol. The number of hydrogen-bond donors (Lipinski definition) is 2. The Kier molecular flexibility index (Phi) is 3.28. The molecule has 1 atom stereocenters. The van der Waals surface area contributed by atoms with E-state index in [9.17, 15) is 4.79 Å². The maximum Gasteiger partial charge on any atom is 0.244 e. The van der Waals surface area contributed by atoms with Gasteiger partial charge in [0.1, 0.15) is 11.0 Å². The van der Waals surface area contributed by atoms with E-state index in [0.29, 0.717) is 4.99 Å². The lowest BCUT2D eigenvalue weighted by atomic mass is 10.1. The van der Waals surface area contributed by atoms with Crippen molar-refractivity contribution in [3.05, 3.63) is 29.8 Å². The molecule has 1 amide bonds. The van der Waals surface area contributed by atoms with Crippen molar-refractivity contribution in [3.63, 3.8) is 0 Å². The zero-order valence-electron chi connectivity index (χ0n) is 9.64. The molecule has 90 valence electrons. The monoisotopic (exact) mass is 249 g/mol. The van der Waals surface area contributed by atoms with Crippen molar-refractivity contribution in [1.82, 2.24) is 4.90 Å². The molecule has 1 aliphatic rings. The molecule has 0 spiro atoms. The number of likely N-dealkylation sites (N-methyl/N-ethyl adjacent to an activating group) is 1. The number of thiocarbonyl (C=S) groups is 1. The third-order valence-electron chi connectivity index (χ3n) is 2.95. The van der Waals surface area contributed by atoms with Gasteiger partial charge in [0.05, 0.1) is 0 Å². The summed E-state index contributed by atoms with van der Waals surface area (Å²) in [4.78, 5) is 13.9. The molecule has 1 aromatic carbocycles. The molecule has 0 bridgehead atoms. The highest BCUT2D eigenvalue weighted by Crippen LogP contribution is 2.19. The lowest BCUT2D eigenvalue weighted by molar-refractivity contribution is -0.127. The van der Waals surface area contributed by atoms with E-state index in [1.807, 2.05) is 31.3 Å². The molecule has 0 saturated carbocycles. The van der Waals surface area contributed by atoms with Crippen LogP contribution in [0.4, 0.5) is 5.69 Å². The highest BCUT2D eigenvalue weighted by Gasteiger charge is 2.29. The number of likely N-dealkylation sites (tertiary alicyclic amines) is 1. The molecule has 3 N–H and O–H groups in total. The maximum absolute atomic E-state index is 11.8. The molecule has 1 aromatic rings. The number of carbonyl (C=O) groups excluding carboxylic acids is 1. The van der Waals surface area contributed by atoms with Gasteiger partial charge in [-0.25, -0.2) is 0 Å². The van der Waals surface area contributed by atoms with E-state index < -0.39 is 0 Å². The fourth-order valence-electron chi connectivity index (χ4n) is 1.97. The Morgan fingerprint density at radius 2 is 2.24 bits per heavy atom. The van der Waals surface area contributed by atoms with E-state index in [2.05, 4.69) is 5.32 Å². The zero-order chi connectivity index (χ0) is 12.4. The van der Waals surface area contributed by atoms with E-state index in [1.165, 1.54) is 0 Å². The van der Waals surface area contributed by atoms with E-state index >= 15 is 0 Å². The fourth-order valence-corrected chi connectivity index (χ4v) is 2.15. The number of nitrogens with one attached hydrogen (secondary N) is 1. The number of rotatable bonds is 3. The van der Waals surface area contributed by atoms with Crippen LogP contribution in [0, 0.1) is 0 Å². The second-order valence-electron chi connectivity index (χ2n) is 4.16. The summed E-state index contributed by atoms with van der Waals surface area (Å²) < 4.78 is 0. The second kappa shape index (κ2) is 4.71. The molecule has 17 heavy (non-hydrogen) atoms. The summed E-state index contributed by atoms with van der Waals surface area (Å²) in [6.07, 6.45) is 0.807. The largest absolute Gasteiger partial charge is 0.389 e. The number of amides is 1. The van der Waals surface area contributed by atoms with Crippen molar-refractivity contribution in [1.29, 1.82) is 0 Å². The Morgan fingerprint density at radius 3 is 2.82 bits per heavy atom. The van der Waals surface area contributed by atoms with Crippen molar-refractivity contribution in [2.24, 2.45) is 5.73 Å². The molecule has 1 unspecified atom stereocenters. The number of nitrogens with two attached hydrogens (primary N) is 1. The average molecular weight is 249 g/mol. The van der Waals surface area contributed by atoms with Crippen LogP contribution in [0.5, 0.6) is 0 Å².